The summed E-state index contributed by atoms with van der Waals surface area (Å²) in [6.45, 7) is 3.67. The maximum Gasteiger partial charge on any atom is 0.189 e. The van der Waals surface area contributed by atoms with Gasteiger partial charge in [0.25, 0.3) is 0 Å². The van der Waals surface area contributed by atoms with E-state index in [0.717, 1.165) is 30.9 Å². The van der Waals surface area contributed by atoms with Gasteiger partial charge in [-0.3, -0.25) is 10.4 Å². The number of aromatic nitrogens is 1. The monoisotopic (exact) mass is 310 g/mol. The van der Waals surface area contributed by atoms with Gasteiger partial charge in [0.1, 0.15) is 0 Å². The van der Waals surface area contributed by atoms with Crippen LogP contribution in [0, 0.1) is 0 Å². The van der Waals surface area contributed by atoms with Gasteiger partial charge in [-0.1, -0.05) is 30.3 Å². The summed E-state index contributed by atoms with van der Waals surface area (Å²) in [5.41, 5.74) is 7.40. The van der Waals surface area contributed by atoms with Crippen LogP contribution in [-0.2, 0) is 13.0 Å². The van der Waals surface area contributed by atoms with Gasteiger partial charge in [-0.2, -0.15) is 5.10 Å². The van der Waals surface area contributed by atoms with Gasteiger partial charge >= 0.3 is 0 Å². The van der Waals surface area contributed by atoms with E-state index in [9.17, 15) is 0 Å². The standard InChI is InChI=1S/C17H18N4S/c1-13(16-8-4-5-10-18-16)19-20-17(22)21-11-9-14-6-2-3-7-15(14)12-21/h2-8,10H,9,11-12H2,1H3,(H,20,22)/b19-13+. The highest BCUT2D eigenvalue weighted by atomic mass is 32.1. The lowest BCUT2D eigenvalue weighted by molar-refractivity contribution is 0.388. The van der Waals surface area contributed by atoms with E-state index in [2.05, 4.69) is 44.7 Å². The van der Waals surface area contributed by atoms with Gasteiger partial charge in [0.2, 0.25) is 0 Å². The molecule has 112 valence electrons. The lowest BCUT2D eigenvalue weighted by atomic mass is 10.0. The third-order valence-corrected chi connectivity index (χ3v) is 4.12. The molecule has 0 unspecified atom stereocenters. The molecule has 2 aromatic rings. The summed E-state index contributed by atoms with van der Waals surface area (Å²) in [5, 5.41) is 5.00. The molecule has 1 N–H and O–H groups in total. The minimum Gasteiger partial charge on any atom is -0.343 e. The van der Waals surface area contributed by atoms with Crippen LogP contribution in [0.15, 0.2) is 53.8 Å². The van der Waals surface area contributed by atoms with Gasteiger partial charge in [-0.05, 0) is 48.8 Å². The molecule has 0 bridgehead atoms. The van der Waals surface area contributed by atoms with Gasteiger partial charge < -0.3 is 4.90 Å². The summed E-state index contributed by atoms with van der Waals surface area (Å²) in [6.07, 6.45) is 2.77. The van der Waals surface area contributed by atoms with Crippen LogP contribution in [0.5, 0.6) is 0 Å². The average Bonchev–Trinajstić information content (AvgIpc) is 2.59. The smallest absolute Gasteiger partial charge is 0.189 e. The lowest BCUT2D eigenvalue weighted by Crippen LogP contribution is -2.41. The van der Waals surface area contributed by atoms with Crippen molar-refractivity contribution >= 4 is 23.0 Å². The molecule has 0 aliphatic carbocycles. The fourth-order valence-corrected chi connectivity index (χ4v) is 2.71. The molecule has 0 saturated carbocycles. The van der Waals surface area contributed by atoms with Gasteiger partial charge in [-0.15, -0.1) is 0 Å². The molecular formula is C17H18N4S. The van der Waals surface area contributed by atoms with E-state index < -0.39 is 0 Å². The Morgan fingerprint density at radius 1 is 1.18 bits per heavy atom. The Hall–Kier alpha value is -2.27. The minimum atomic E-state index is 0.657. The highest BCUT2D eigenvalue weighted by molar-refractivity contribution is 7.80. The molecule has 4 nitrogen and oxygen atoms in total. The molecule has 1 aromatic carbocycles. The summed E-state index contributed by atoms with van der Waals surface area (Å²) >= 11 is 5.46. The number of pyridine rings is 1. The first-order chi connectivity index (χ1) is 10.7. The van der Waals surface area contributed by atoms with Crippen LogP contribution in [0.4, 0.5) is 0 Å². The molecule has 0 saturated heterocycles. The zero-order chi connectivity index (χ0) is 15.4. The Morgan fingerprint density at radius 3 is 2.73 bits per heavy atom. The van der Waals surface area contributed by atoms with Crippen LogP contribution >= 0.6 is 12.2 Å². The fraction of sp³-hybridized carbons (Fsp3) is 0.235. The number of nitrogens with zero attached hydrogens (tertiary/aromatic N) is 3. The number of rotatable bonds is 2. The maximum atomic E-state index is 5.46. The maximum absolute atomic E-state index is 5.46. The van der Waals surface area contributed by atoms with Crippen molar-refractivity contribution in [1.29, 1.82) is 0 Å². The van der Waals surface area contributed by atoms with Gasteiger partial charge in [0.15, 0.2) is 5.11 Å². The molecule has 0 fully saturated rings. The van der Waals surface area contributed by atoms with Crippen LogP contribution < -0.4 is 5.43 Å². The molecule has 1 aliphatic rings. The second kappa shape index (κ2) is 6.66. The first kappa shape index (κ1) is 14.7. The van der Waals surface area contributed by atoms with Crippen molar-refractivity contribution in [2.45, 2.75) is 19.9 Å². The van der Waals surface area contributed by atoms with Gasteiger partial charge in [0, 0.05) is 19.3 Å². The second-order valence-electron chi connectivity index (χ2n) is 5.27. The normalized spacial score (nSPS) is 14.4. The van der Waals surface area contributed by atoms with Crippen molar-refractivity contribution in [3.05, 3.63) is 65.5 Å². The molecule has 0 atom stereocenters. The lowest BCUT2D eigenvalue weighted by Gasteiger charge is -2.30. The molecule has 0 amide bonds. The number of hydrazone groups is 1. The van der Waals surface area contributed by atoms with Crippen molar-refractivity contribution in [3.8, 4) is 0 Å². The van der Waals surface area contributed by atoms with Gasteiger partial charge in [-0.25, -0.2) is 0 Å². The van der Waals surface area contributed by atoms with Crippen LogP contribution in [-0.4, -0.2) is 27.3 Å². The highest BCUT2D eigenvalue weighted by Gasteiger charge is 2.17. The van der Waals surface area contributed by atoms with Crippen molar-refractivity contribution in [2.24, 2.45) is 5.10 Å². The molecule has 22 heavy (non-hydrogen) atoms. The van der Waals surface area contributed by atoms with Crippen LogP contribution in [0.3, 0.4) is 0 Å². The summed E-state index contributed by atoms with van der Waals surface area (Å²) < 4.78 is 0. The third-order valence-electron chi connectivity index (χ3n) is 3.77. The average molecular weight is 310 g/mol. The van der Waals surface area contributed by atoms with Crippen molar-refractivity contribution in [1.82, 2.24) is 15.3 Å². The minimum absolute atomic E-state index is 0.657. The molecule has 5 heteroatoms. The second-order valence-corrected chi connectivity index (χ2v) is 5.66. The number of fused-ring (bicyclic) bond motifs is 1. The van der Waals surface area contributed by atoms with Gasteiger partial charge in [0.05, 0.1) is 11.4 Å². The number of hydrogen-bond donors (Lipinski definition) is 1. The Balaban J connectivity index is 1.64. The zero-order valence-electron chi connectivity index (χ0n) is 12.5. The van der Waals surface area contributed by atoms with Crippen LogP contribution in [0.2, 0.25) is 0 Å². The summed E-state index contributed by atoms with van der Waals surface area (Å²) in [4.78, 5) is 6.42. The predicted molar refractivity (Wildman–Crippen MR) is 92.7 cm³/mol. The molecule has 0 spiro atoms. The Labute approximate surface area is 135 Å². The number of benzene rings is 1. The SMILES string of the molecule is C/C(=N\NC(=S)N1CCc2ccccc2C1)c1ccccn1. The Morgan fingerprint density at radius 2 is 1.95 bits per heavy atom. The van der Waals surface area contributed by atoms with E-state index in [1.165, 1.54) is 11.1 Å². The molecule has 2 heterocycles. The Bertz CT molecular complexity index is 697. The topological polar surface area (TPSA) is 40.5 Å². The van der Waals surface area contributed by atoms with E-state index in [0.29, 0.717) is 5.11 Å². The first-order valence-corrected chi connectivity index (χ1v) is 7.72. The van der Waals surface area contributed by atoms with Crippen molar-refractivity contribution < 1.29 is 0 Å². The summed E-state index contributed by atoms with van der Waals surface area (Å²) in [6, 6.07) is 14.3. The zero-order valence-corrected chi connectivity index (χ0v) is 13.3. The summed E-state index contributed by atoms with van der Waals surface area (Å²) in [7, 11) is 0. The molecule has 1 aliphatic heterocycles. The number of hydrogen-bond acceptors (Lipinski definition) is 3. The molecule has 1 aromatic heterocycles. The predicted octanol–water partition coefficient (Wildman–Crippen LogP) is 2.74. The summed E-state index contributed by atoms with van der Waals surface area (Å²) in [5.74, 6) is 0. The van der Waals surface area contributed by atoms with E-state index in [1.54, 1.807) is 6.20 Å². The van der Waals surface area contributed by atoms with Crippen molar-refractivity contribution in [3.63, 3.8) is 0 Å². The quantitative estimate of drug-likeness (QED) is 0.526. The van der Waals surface area contributed by atoms with E-state index >= 15 is 0 Å². The largest absolute Gasteiger partial charge is 0.343 e. The van der Waals surface area contributed by atoms with Crippen LogP contribution in [0.1, 0.15) is 23.7 Å². The Kier molecular flexibility index (Phi) is 4.44. The van der Waals surface area contributed by atoms with Crippen LogP contribution in [0.25, 0.3) is 0 Å². The molecule has 3 rings (SSSR count). The number of nitrogens with one attached hydrogen (secondary N) is 1. The molecular weight excluding hydrogens is 292 g/mol. The van der Waals surface area contributed by atoms with E-state index in [-0.39, 0.29) is 0 Å². The highest BCUT2D eigenvalue weighted by Crippen LogP contribution is 2.18. The molecule has 0 radical (unpaired) electrons. The van der Waals surface area contributed by atoms with E-state index in [1.807, 2.05) is 25.1 Å². The first-order valence-electron chi connectivity index (χ1n) is 7.31. The van der Waals surface area contributed by atoms with Crippen molar-refractivity contribution in [2.75, 3.05) is 6.54 Å². The van der Waals surface area contributed by atoms with E-state index in [4.69, 9.17) is 12.2 Å². The number of thiocarbonyl (C=S) groups is 1. The third kappa shape index (κ3) is 3.31. The fourth-order valence-electron chi connectivity index (χ4n) is 2.51.